The minimum absolute atomic E-state index is 0.174. The topological polar surface area (TPSA) is 61.0 Å². The first-order valence-corrected chi connectivity index (χ1v) is 10.3. The number of unbranched alkanes of at least 4 members (excludes halogenated alkanes) is 2. The van der Waals surface area contributed by atoms with Gasteiger partial charge in [0.2, 0.25) is 5.91 Å². The van der Waals surface area contributed by atoms with Gasteiger partial charge in [-0.15, -0.1) is 0 Å². The maximum Gasteiger partial charge on any atom is 0.225 e. The minimum Gasteiger partial charge on any atom is -0.346 e. The predicted octanol–water partition coefficient (Wildman–Crippen LogP) is 3.78. The lowest BCUT2D eigenvalue weighted by molar-refractivity contribution is -0.135. The number of halogens is 1. The molecular formula is C22H31FN4O. The molecule has 1 fully saturated rings. The van der Waals surface area contributed by atoms with Crippen molar-refractivity contribution in [1.82, 2.24) is 20.4 Å². The van der Waals surface area contributed by atoms with Gasteiger partial charge in [0.15, 0.2) is 0 Å². The van der Waals surface area contributed by atoms with Crippen molar-refractivity contribution >= 4 is 5.91 Å². The molecule has 0 spiro atoms. The summed E-state index contributed by atoms with van der Waals surface area (Å²) in [7, 11) is 1.93. The number of carbonyl (C=O) groups is 1. The van der Waals surface area contributed by atoms with Crippen molar-refractivity contribution in [3.05, 3.63) is 41.8 Å². The van der Waals surface area contributed by atoms with Crippen LogP contribution in [0.4, 0.5) is 4.39 Å². The summed E-state index contributed by atoms with van der Waals surface area (Å²) in [6.07, 6.45) is 5.91. The van der Waals surface area contributed by atoms with Crippen LogP contribution in [-0.4, -0.2) is 47.2 Å². The van der Waals surface area contributed by atoms with Crippen LogP contribution in [0.1, 0.15) is 44.7 Å². The maximum absolute atomic E-state index is 13.3. The van der Waals surface area contributed by atoms with Crippen LogP contribution in [0.25, 0.3) is 11.3 Å². The zero-order chi connectivity index (χ0) is 19.9. The number of aromatic amines is 1. The number of rotatable bonds is 8. The third-order valence-electron chi connectivity index (χ3n) is 5.54. The Morgan fingerprint density at radius 2 is 2.14 bits per heavy atom. The molecule has 0 radical (unpaired) electrons. The van der Waals surface area contributed by atoms with Crippen LogP contribution < -0.4 is 5.32 Å². The van der Waals surface area contributed by atoms with Gasteiger partial charge in [0.25, 0.3) is 0 Å². The van der Waals surface area contributed by atoms with Crippen molar-refractivity contribution in [2.45, 2.75) is 51.5 Å². The van der Waals surface area contributed by atoms with Crippen molar-refractivity contribution in [1.29, 1.82) is 0 Å². The van der Waals surface area contributed by atoms with Gasteiger partial charge in [-0.2, -0.15) is 5.10 Å². The number of nitrogens with one attached hydrogen (secondary N) is 2. The van der Waals surface area contributed by atoms with Crippen molar-refractivity contribution in [2.75, 3.05) is 20.1 Å². The molecule has 1 saturated heterocycles. The number of carbonyl (C=O) groups excluding carboxylic acids is 1. The van der Waals surface area contributed by atoms with E-state index in [4.69, 9.17) is 0 Å². The van der Waals surface area contributed by atoms with Crippen molar-refractivity contribution in [3.8, 4) is 11.3 Å². The maximum atomic E-state index is 13.3. The summed E-state index contributed by atoms with van der Waals surface area (Å²) < 4.78 is 13.3. The number of aromatic nitrogens is 2. The quantitative estimate of drug-likeness (QED) is 0.679. The number of H-pyrrole nitrogens is 1. The highest BCUT2D eigenvalue weighted by Crippen LogP contribution is 2.20. The molecule has 28 heavy (non-hydrogen) atoms. The number of benzene rings is 1. The van der Waals surface area contributed by atoms with Gasteiger partial charge in [-0.25, -0.2) is 4.39 Å². The molecule has 5 nitrogen and oxygen atoms in total. The molecule has 0 saturated carbocycles. The monoisotopic (exact) mass is 386 g/mol. The Morgan fingerprint density at radius 1 is 1.29 bits per heavy atom. The Morgan fingerprint density at radius 3 is 2.93 bits per heavy atom. The molecular weight excluding hydrogens is 355 g/mol. The van der Waals surface area contributed by atoms with Crippen LogP contribution in [0.3, 0.4) is 0 Å². The van der Waals surface area contributed by atoms with Gasteiger partial charge in [0.05, 0.1) is 5.69 Å². The molecule has 152 valence electrons. The Kier molecular flexibility index (Phi) is 7.20. The zero-order valence-electron chi connectivity index (χ0n) is 16.9. The van der Waals surface area contributed by atoms with E-state index in [0.29, 0.717) is 11.9 Å². The van der Waals surface area contributed by atoms with Crippen LogP contribution in [0, 0.1) is 11.7 Å². The zero-order valence-corrected chi connectivity index (χ0v) is 16.9. The molecule has 1 aliphatic rings. The average molecular weight is 387 g/mol. The van der Waals surface area contributed by atoms with Gasteiger partial charge in [-0.1, -0.05) is 18.6 Å². The molecule has 2 atom stereocenters. The van der Waals surface area contributed by atoms with E-state index >= 15 is 0 Å². The van der Waals surface area contributed by atoms with Crippen LogP contribution in [0.2, 0.25) is 0 Å². The van der Waals surface area contributed by atoms with E-state index in [1.54, 1.807) is 6.07 Å². The fourth-order valence-electron chi connectivity index (χ4n) is 3.90. The molecule has 1 aromatic heterocycles. The number of amides is 1. The van der Waals surface area contributed by atoms with Crippen LogP contribution in [0.5, 0.6) is 0 Å². The smallest absolute Gasteiger partial charge is 0.225 e. The molecule has 1 amide bonds. The second kappa shape index (κ2) is 9.82. The number of hydrogen-bond donors (Lipinski definition) is 2. The number of piperidine rings is 1. The normalized spacial score (nSPS) is 19.5. The van der Waals surface area contributed by atoms with Gasteiger partial charge < -0.3 is 10.2 Å². The van der Waals surface area contributed by atoms with E-state index in [1.165, 1.54) is 12.1 Å². The number of hydrogen-bond acceptors (Lipinski definition) is 3. The molecule has 0 bridgehead atoms. The second-order valence-corrected chi connectivity index (χ2v) is 7.94. The Balaban J connectivity index is 1.36. The third kappa shape index (κ3) is 5.64. The Bertz CT molecular complexity index is 775. The van der Waals surface area contributed by atoms with E-state index < -0.39 is 0 Å². The van der Waals surface area contributed by atoms with Gasteiger partial charge in [0, 0.05) is 36.8 Å². The van der Waals surface area contributed by atoms with Gasteiger partial charge in [0.1, 0.15) is 5.82 Å². The molecule has 1 aromatic carbocycles. The largest absolute Gasteiger partial charge is 0.346 e. The highest BCUT2D eigenvalue weighted by atomic mass is 19.1. The number of aryl methyl sites for hydroxylation is 1. The van der Waals surface area contributed by atoms with Crippen molar-refractivity contribution in [2.24, 2.45) is 5.92 Å². The first kappa shape index (κ1) is 20.5. The van der Waals surface area contributed by atoms with E-state index in [2.05, 4.69) is 22.4 Å². The van der Waals surface area contributed by atoms with Gasteiger partial charge >= 0.3 is 0 Å². The fourth-order valence-corrected chi connectivity index (χ4v) is 3.90. The molecule has 0 unspecified atom stereocenters. The summed E-state index contributed by atoms with van der Waals surface area (Å²) >= 11 is 0. The summed E-state index contributed by atoms with van der Waals surface area (Å²) in [6.45, 7) is 3.90. The highest BCUT2D eigenvalue weighted by molar-refractivity contribution is 5.78. The van der Waals surface area contributed by atoms with E-state index in [0.717, 1.165) is 68.6 Å². The molecule has 2 heterocycles. The Hall–Kier alpha value is -2.21. The third-order valence-corrected chi connectivity index (χ3v) is 5.54. The average Bonchev–Trinajstić information content (AvgIpc) is 3.16. The summed E-state index contributed by atoms with van der Waals surface area (Å²) in [5, 5.41) is 10.7. The van der Waals surface area contributed by atoms with E-state index in [1.807, 2.05) is 24.1 Å². The molecule has 0 aliphatic carbocycles. The summed E-state index contributed by atoms with van der Waals surface area (Å²) in [4.78, 5) is 14.5. The highest BCUT2D eigenvalue weighted by Gasteiger charge is 2.26. The first-order chi connectivity index (χ1) is 13.5. The molecule has 6 heteroatoms. The van der Waals surface area contributed by atoms with Crippen LogP contribution in [-0.2, 0) is 11.2 Å². The van der Waals surface area contributed by atoms with Gasteiger partial charge in [-0.05, 0) is 63.8 Å². The lowest BCUT2D eigenvalue weighted by Gasteiger charge is -2.30. The van der Waals surface area contributed by atoms with Crippen molar-refractivity contribution in [3.63, 3.8) is 0 Å². The lowest BCUT2D eigenvalue weighted by atomic mass is 9.92. The van der Waals surface area contributed by atoms with E-state index in [9.17, 15) is 9.18 Å². The molecule has 1 aliphatic heterocycles. The summed E-state index contributed by atoms with van der Waals surface area (Å²) in [6, 6.07) is 8.91. The van der Waals surface area contributed by atoms with E-state index in [-0.39, 0.29) is 11.7 Å². The molecule has 2 aromatic rings. The molecule has 3 rings (SSSR count). The fraction of sp³-hybridized carbons (Fsp3) is 0.545. The number of nitrogens with zero attached hydrogens (tertiary/aromatic N) is 2. The second-order valence-electron chi connectivity index (χ2n) is 7.94. The van der Waals surface area contributed by atoms with Crippen LogP contribution >= 0.6 is 0 Å². The lowest BCUT2D eigenvalue weighted by Crippen LogP contribution is -2.43. The van der Waals surface area contributed by atoms with Crippen molar-refractivity contribution < 1.29 is 9.18 Å². The summed E-state index contributed by atoms with van der Waals surface area (Å²) in [5.74, 6) is 0.216. The minimum atomic E-state index is -0.250. The summed E-state index contributed by atoms with van der Waals surface area (Å²) in [5.41, 5.74) is 2.62. The first-order valence-electron chi connectivity index (χ1n) is 10.3. The SMILES string of the molecule is C[C@H]1C[C@@H](C(=O)N(C)CCCCCc2cc(-c3cccc(F)c3)n[nH]2)CCN1. The predicted molar refractivity (Wildman–Crippen MR) is 109 cm³/mol. The standard InChI is InChI=1S/C22H31FN4O/c1-16-13-18(10-11-24-16)22(28)27(2)12-5-3-4-9-20-15-21(26-25-20)17-7-6-8-19(23)14-17/h6-8,14-16,18,24H,3-5,9-13H2,1-2H3,(H,25,26)/t16-,18-/m0/s1. The Labute approximate surface area is 166 Å². The van der Waals surface area contributed by atoms with Crippen LogP contribution in [0.15, 0.2) is 30.3 Å². The molecule has 2 N–H and O–H groups in total. The van der Waals surface area contributed by atoms with Gasteiger partial charge in [-0.3, -0.25) is 9.89 Å².